The SMILES string of the molecule is COc1ccc(C(=N)SC(=N)C[n+]2cnc3c(Cl)c(-c4ccccc4F)[nH]c3c2)c(C(F)(F)F)c1. The number of methoxy groups -OCH3 is 1. The van der Waals surface area contributed by atoms with E-state index in [4.69, 9.17) is 27.2 Å². The number of ether oxygens (including phenoxy) is 1. The number of alkyl halides is 3. The third-order valence-electron chi connectivity index (χ3n) is 5.04. The average Bonchev–Trinajstić information content (AvgIpc) is 3.13. The summed E-state index contributed by atoms with van der Waals surface area (Å²) in [5.41, 5.74) is 0.158. The zero-order chi connectivity index (χ0) is 25.3. The Labute approximate surface area is 205 Å². The normalized spacial score (nSPS) is 11.6. The van der Waals surface area contributed by atoms with Crippen LogP contribution in [0.25, 0.3) is 22.3 Å². The van der Waals surface area contributed by atoms with Gasteiger partial charge in [-0.25, -0.2) is 8.96 Å². The van der Waals surface area contributed by atoms with Gasteiger partial charge in [0.05, 0.1) is 18.4 Å². The zero-order valence-electron chi connectivity index (χ0n) is 18.0. The van der Waals surface area contributed by atoms with Gasteiger partial charge in [0.1, 0.15) is 44.9 Å². The first-order valence-corrected chi connectivity index (χ1v) is 11.2. The predicted octanol–water partition coefficient (Wildman–Crippen LogP) is 6.07. The summed E-state index contributed by atoms with van der Waals surface area (Å²) in [6, 6.07) is 9.43. The number of rotatable bonds is 5. The molecule has 2 aromatic carbocycles. The summed E-state index contributed by atoms with van der Waals surface area (Å²) in [6.07, 6.45) is -1.68. The third kappa shape index (κ3) is 5.15. The maximum absolute atomic E-state index is 14.2. The Hall–Kier alpha value is -3.44. The maximum Gasteiger partial charge on any atom is 0.417 e. The van der Waals surface area contributed by atoms with Crippen molar-refractivity contribution < 1.29 is 26.9 Å². The number of aromatic amines is 1. The summed E-state index contributed by atoms with van der Waals surface area (Å²) in [5, 5.41) is 16.1. The molecule has 2 heterocycles. The number of halogens is 5. The van der Waals surface area contributed by atoms with Crippen LogP contribution in [0, 0.1) is 16.6 Å². The molecule has 4 rings (SSSR count). The predicted molar refractivity (Wildman–Crippen MR) is 127 cm³/mol. The van der Waals surface area contributed by atoms with Crippen LogP contribution in [0.2, 0.25) is 5.02 Å². The largest absolute Gasteiger partial charge is 0.497 e. The van der Waals surface area contributed by atoms with Gasteiger partial charge in [-0.2, -0.15) is 13.2 Å². The summed E-state index contributed by atoms with van der Waals surface area (Å²) in [7, 11) is 1.25. The Bertz CT molecular complexity index is 1450. The van der Waals surface area contributed by atoms with Crippen molar-refractivity contribution in [3.63, 3.8) is 0 Å². The number of aromatic nitrogens is 3. The second kappa shape index (κ2) is 9.67. The van der Waals surface area contributed by atoms with E-state index in [0.717, 1.165) is 12.1 Å². The lowest BCUT2D eigenvalue weighted by molar-refractivity contribution is -0.683. The topological polar surface area (TPSA) is 89.5 Å². The van der Waals surface area contributed by atoms with Crippen LogP contribution < -0.4 is 9.30 Å². The van der Waals surface area contributed by atoms with E-state index >= 15 is 0 Å². The van der Waals surface area contributed by atoms with E-state index in [1.165, 1.54) is 30.1 Å². The molecule has 0 unspecified atom stereocenters. The first-order chi connectivity index (χ1) is 16.6. The maximum atomic E-state index is 14.2. The second-order valence-corrected chi connectivity index (χ2v) is 8.85. The lowest BCUT2D eigenvalue weighted by Crippen LogP contribution is -2.37. The highest BCUT2D eigenvalue weighted by molar-refractivity contribution is 8.26. The highest BCUT2D eigenvalue weighted by Gasteiger charge is 2.35. The quantitative estimate of drug-likeness (QED) is 0.128. The lowest BCUT2D eigenvalue weighted by Gasteiger charge is -2.14. The van der Waals surface area contributed by atoms with E-state index in [1.807, 2.05) is 0 Å². The van der Waals surface area contributed by atoms with Crippen LogP contribution >= 0.6 is 23.4 Å². The van der Waals surface area contributed by atoms with Crippen LogP contribution in [0.3, 0.4) is 0 Å². The molecule has 0 aliphatic carbocycles. The number of H-pyrrole nitrogens is 1. The molecule has 6 nitrogen and oxygen atoms in total. The second-order valence-electron chi connectivity index (χ2n) is 7.37. The highest BCUT2D eigenvalue weighted by atomic mass is 35.5. The Morgan fingerprint density at radius 1 is 1.20 bits per heavy atom. The molecule has 0 bridgehead atoms. The molecule has 12 heteroatoms. The van der Waals surface area contributed by atoms with Crippen molar-refractivity contribution in [3.8, 4) is 17.0 Å². The monoisotopic (exact) mass is 522 g/mol. The molecule has 35 heavy (non-hydrogen) atoms. The Balaban J connectivity index is 1.55. The molecule has 2 aromatic heterocycles. The van der Waals surface area contributed by atoms with E-state index in [9.17, 15) is 17.6 Å². The standard InChI is InChI=1S/C23H16ClF4N5OS/c1-34-12-6-7-13(15(8-12)23(26,27)28)22(30)35-18(29)10-33-9-17-21(31-11-33)19(24)20(32-17)14-4-2-3-5-16(14)25/h2-9,11,29-30H,10H2,1H3/p+1. The van der Waals surface area contributed by atoms with Gasteiger partial charge in [-0.15, -0.1) is 0 Å². The first kappa shape index (κ1) is 24.7. The number of fused-ring (bicyclic) bond motifs is 1. The van der Waals surface area contributed by atoms with E-state index < -0.39 is 22.6 Å². The summed E-state index contributed by atoms with van der Waals surface area (Å²) in [4.78, 5) is 7.29. The fraction of sp³-hybridized carbons (Fsp3) is 0.130. The molecular formula is C23H17ClF4N5OS+. The fourth-order valence-corrected chi connectivity index (χ4v) is 4.48. The van der Waals surface area contributed by atoms with Crippen LogP contribution in [-0.2, 0) is 12.7 Å². The molecule has 0 fully saturated rings. The molecule has 3 N–H and O–H groups in total. The van der Waals surface area contributed by atoms with Crippen molar-refractivity contribution in [2.45, 2.75) is 12.7 Å². The molecule has 0 aliphatic rings. The van der Waals surface area contributed by atoms with Crippen LogP contribution in [0.4, 0.5) is 17.6 Å². The van der Waals surface area contributed by atoms with Gasteiger partial charge in [-0.05, 0) is 35.3 Å². The van der Waals surface area contributed by atoms with Gasteiger partial charge < -0.3 is 9.72 Å². The van der Waals surface area contributed by atoms with E-state index in [-0.39, 0.29) is 33.5 Å². The fourth-order valence-electron chi connectivity index (χ4n) is 3.43. The number of nitrogens with one attached hydrogen (secondary N) is 3. The summed E-state index contributed by atoms with van der Waals surface area (Å²) in [6.45, 7) is -0.0564. The van der Waals surface area contributed by atoms with Crippen molar-refractivity contribution in [1.29, 1.82) is 10.8 Å². The van der Waals surface area contributed by atoms with Gasteiger partial charge in [-0.1, -0.05) is 35.5 Å². The number of hydrogen-bond acceptors (Lipinski definition) is 5. The van der Waals surface area contributed by atoms with Crippen molar-refractivity contribution >= 4 is 44.5 Å². The van der Waals surface area contributed by atoms with Gasteiger partial charge in [0.25, 0.3) is 6.33 Å². The lowest BCUT2D eigenvalue weighted by atomic mass is 10.1. The number of thioether (sulfide) groups is 1. The average molecular weight is 523 g/mol. The molecule has 0 aliphatic heterocycles. The van der Waals surface area contributed by atoms with Gasteiger partial charge in [0.15, 0.2) is 0 Å². The van der Waals surface area contributed by atoms with E-state index in [2.05, 4.69) is 9.97 Å². The molecule has 0 amide bonds. The number of benzene rings is 2. The van der Waals surface area contributed by atoms with Crippen LogP contribution in [0.5, 0.6) is 5.75 Å². The molecule has 0 saturated carbocycles. The number of hydrogen-bond donors (Lipinski definition) is 3. The number of nitrogens with zero attached hydrogens (tertiary/aromatic N) is 2. The minimum Gasteiger partial charge on any atom is -0.497 e. The summed E-state index contributed by atoms with van der Waals surface area (Å²) < 4.78 is 61.0. The molecule has 180 valence electrons. The van der Waals surface area contributed by atoms with Crippen molar-refractivity contribution in [2.24, 2.45) is 0 Å². The molecule has 0 radical (unpaired) electrons. The Morgan fingerprint density at radius 3 is 2.63 bits per heavy atom. The van der Waals surface area contributed by atoms with Crippen molar-refractivity contribution in [3.05, 3.63) is 77.0 Å². The Morgan fingerprint density at radius 2 is 1.94 bits per heavy atom. The molecular weight excluding hydrogens is 506 g/mol. The van der Waals surface area contributed by atoms with Crippen LogP contribution in [0.15, 0.2) is 55.0 Å². The van der Waals surface area contributed by atoms with Crippen molar-refractivity contribution in [2.75, 3.05) is 7.11 Å². The van der Waals surface area contributed by atoms with Gasteiger partial charge >= 0.3 is 6.18 Å². The minimum absolute atomic E-state index is 0.0169. The minimum atomic E-state index is -4.69. The smallest absolute Gasteiger partial charge is 0.417 e. The zero-order valence-corrected chi connectivity index (χ0v) is 19.6. The molecule has 0 atom stereocenters. The third-order valence-corrected chi connectivity index (χ3v) is 6.21. The van der Waals surface area contributed by atoms with Crippen molar-refractivity contribution in [1.82, 2.24) is 9.97 Å². The Kier molecular flexibility index (Phi) is 6.82. The van der Waals surface area contributed by atoms with Gasteiger partial charge in [0, 0.05) is 11.1 Å². The van der Waals surface area contributed by atoms with Crippen LogP contribution in [0.1, 0.15) is 11.1 Å². The molecule has 0 saturated heterocycles. The molecule has 4 aromatic rings. The summed E-state index contributed by atoms with van der Waals surface area (Å²) >= 11 is 6.98. The van der Waals surface area contributed by atoms with Gasteiger partial charge in [0.2, 0.25) is 5.52 Å². The highest BCUT2D eigenvalue weighted by Crippen LogP contribution is 2.36. The van der Waals surface area contributed by atoms with E-state index in [0.29, 0.717) is 28.5 Å². The van der Waals surface area contributed by atoms with Gasteiger partial charge in [-0.3, -0.25) is 10.8 Å². The summed E-state index contributed by atoms with van der Waals surface area (Å²) in [5.74, 6) is -0.439. The van der Waals surface area contributed by atoms with E-state index in [1.54, 1.807) is 24.4 Å². The molecule has 0 spiro atoms. The van der Waals surface area contributed by atoms with Crippen LogP contribution in [-0.4, -0.2) is 27.2 Å². The first-order valence-electron chi connectivity index (χ1n) is 9.99.